The quantitative estimate of drug-likeness (QED) is 0.624. The lowest BCUT2D eigenvalue weighted by molar-refractivity contribution is -0.118. The molecule has 3 nitrogen and oxygen atoms in total. The first-order valence-electron chi connectivity index (χ1n) is 3.69. The van der Waals surface area contributed by atoms with E-state index >= 15 is 0 Å². The Morgan fingerprint density at radius 1 is 1.50 bits per heavy atom. The number of hydrogen-bond acceptors (Lipinski definition) is 2. The zero-order chi connectivity index (χ0) is 8.55. The highest BCUT2D eigenvalue weighted by atomic mass is 16.1. The second-order valence-electron chi connectivity index (χ2n) is 2.67. The van der Waals surface area contributed by atoms with E-state index in [2.05, 4.69) is 11.7 Å². The number of benzene rings is 1. The number of amides is 1. The molecule has 1 atom stereocenters. The number of carbonyl (C=O) groups excluding carboxylic acids is 1. The summed E-state index contributed by atoms with van der Waals surface area (Å²) in [5.41, 5.74) is 6.95. The van der Waals surface area contributed by atoms with Crippen LogP contribution in [0.4, 0.5) is 5.69 Å². The van der Waals surface area contributed by atoms with Crippen LogP contribution in [0.1, 0.15) is 5.56 Å². The molecule has 1 aliphatic rings. The molecule has 0 spiro atoms. The number of nitrogens with one attached hydrogen (secondary N) is 1. The topological polar surface area (TPSA) is 55.1 Å². The van der Waals surface area contributed by atoms with Crippen molar-refractivity contribution in [2.24, 2.45) is 5.73 Å². The Morgan fingerprint density at radius 3 is 2.92 bits per heavy atom. The molecule has 0 saturated carbocycles. The first-order chi connectivity index (χ1) is 5.77. The van der Waals surface area contributed by atoms with E-state index in [-0.39, 0.29) is 0 Å². The fourth-order valence-corrected chi connectivity index (χ4v) is 1.22. The number of anilines is 1. The van der Waals surface area contributed by atoms with E-state index < -0.39 is 11.9 Å². The lowest BCUT2D eigenvalue weighted by atomic mass is 10.1. The molecule has 1 heterocycles. The van der Waals surface area contributed by atoms with Crippen molar-refractivity contribution in [3.05, 3.63) is 36.2 Å². The summed E-state index contributed by atoms with van der Waals surface area (Å²) in [5.74, 6) is -0.397. The molecular weight excluding hydrogens is 152 g/mol. The van der Waals surface area contributed by atoms with Gasteiger partial charge in [-0.2, -0.15) is 0 Å². The van der Waals surface area contributed by atoms with Crippen molar-refractivity contribution in [2.45, 2.75) is 6.04 Å². The lowest BCUT2D eigenvalue weighted by Crippen LogP contribution is -2.32. The molecule has 2 rings (SSSR count). The van der Waals surface area contributed by atoms with Gasteiger partial charge in [0.1, 0.15) is 6.04 Å². The highest BCUT2D eigenvalue weighted by Crippen LogP contribution is 2.26. The van der Waals surface area contributed by atoms with Crippen LogP contribution >= 0.6 is 0 Å². The molecule has 1 aromatic rings. The van der Waals surface area contributed by atoms with Crippen LogP contribution in [-0.2, 0) is 4.79 Å². The van der Waals surface area contributed by atoms with Crippen LogP contribution in [0.15, 0.2) is 24.3 Å². The molecule has 0 aliphatic carbocycles. The van der Waals surface area contributed by atoms with Gasteiger partial charge in [-0.3, -0.25) is 4.79 Å². The number of fused-ring (bicyclic) bond motifs is 1. The molecule has 1 unspecified atom stereocenters. The van der Waals surface area contributed by atoms with E-state index in [0.29, 0.717) is 0 Å². The van der Waals surface area contributed by atoms with Crippen molar-refractivity contribution in [3.8, 4) is 0 Å². The number of nitrogens with two attached hydrogens (primary N) is 1. The molecule has 12 heavy (non-hydrogen) atoms. The van der Waals surface area contributed by atoms with Gasteiger partial charge in [-0.1, -0.05) is 18.2 Å². The van der Waals surface area contributed by atoms with Crippen LogP contribution in [0.3, 0.4) is 0 Å². The van der Waals surface area contributed by atoms with E-state index in [4.69, 9.17) is 5.73 Å². The Bertz CT molecular complexity index is 297. The average Bonchev–Trinajstić information content (AvgIpc) is 2.46. The second-order valence-corrected chi connectivity index (χ2v) is 2.67. The van der Waals surface area contributed by atoms with Gasteiger partial charge >= 0.3 is 0 Å². The van der Waals surface area contributed by atoms with Crippen LogP contribution in [0.2, 0.25) is 0 Å². The SMILES string of the molecule is NC(=O)C1[C]c2ccccc2N1. The lowest BCUT2D eigenvalue weighted by Gasteiger charge is -2.03. The number of para-hydroxylation sites is 1. The number of primary amides is 1. The van der Waals surface area contributed by atoms with E-state index in [1.807, 2.05) is 24.3 Å². The minimum absolute atomic E-state index is 0.397. The Labute approximate surface area is 70.6 Å². The molecular formula is C9H8N2O. The van der Waals surface area contributed by atoms with Gasteiger partial charge in [0.05, 0.1) is 6.42 Å². The molecule has 3 N–H and O–H groups in total. The third kappa shape index (κ3) is 1.03. The van der Waals surface area contributed by atoms with Crippen LogP contribution < -0.4 is 11.1 Å². The monoisotopic (exact) mass is 160 g/mol. The van der Waals surface area contributed by atoms with Crippen molar-refractivity contribution in [2.75, 3.05) is 5.32 Å². The predicted molar refractivity (Wildman–Crippen MR) is 45.4 cm³/mol. The van der Waals surface area contributed by atoms with Gasteiger partial charge in [0.15, 0.2) is 0 Å². The van der Waals surface area contributed by atoms with Gasteiger partial charge in [-0.25, -0.2) is 0 Å². The zero-order valence-electron chi connectivity index (χ0n) is 6.37. The first kappa shape index (κ1) is 7.16. The summed E-state index contributed by atoms with van der Waals surface area (Å²) in [6.07, 6.45) is 2.95. The molecule has 0 bridgehead atoms. The molecule has 0 fully saturated rings. The number of rotatable bonds is 1. The number of carbonyl (C=O) groups is 1. The average molecular weight is 160 g/mol. The van der Waals surface area contributed by atoms with E-state index in [0.717, 1.165) is 11.3 Å². The summed E-state index contributed by atoms with van der Waals surface area (Å²) in [4.78, 5) is 10.8. The maximum absolute atomic E-state index is 10.8. The summed E-state index contributed by atoms with van der Waals surface area (Å²) in [5, 5.41) is 2.95. The normalized spacial score (nSPS) is 19.8. The highest BCUT2D eigenvalue weighted by molar-refractivity contribution is 5.88. The zero-order valence-corrected chi connectivity index (χ0v) is 6.37. The van der Waals surface area contributed by atoms with Crippen molar-refractivity contribution < 1.29 is 4.79 Å². The van der Waals surface area contributed by atoms with Crippen molar-refractivity contribution in [3.63, 3.8) is 0 Å². The maximum Gasteiger partial charge on any atom is 0.240 e. The van der Waals surface area contributed by atoms with Crippen molar-refractivity contribution in [1.82, 2.24) is 0 Å². The largest absolute Gasteiger partial charge is 0.373 e. The van der Waals surface area contributed by atoms with Gasteiger partial charge < -0.3 is 11.1 Å². The molecule has 2 radical (unpaired) electrons. The standard InChI is InChI=1S/C9H8N2O/c10-9(12)8-5-6-3-1-2-4-7(6)11-8/h1-4,8,11H,(H2,10,12). The highest BCUT2D eigenvalue weighted by Gasteiger charge is 2.24. The molecule has 0 aromatic heterocycles. The minimum Gasteiger partial charge on any atom is -0.373 e. The first-order valence-corrected chi connectivity index (χ1v) is 3.69. The Morgan fingerprint density at radius 2 is 2.25 bits per heavy atom. The summed E-state index contributed by atoms with van der Waals surface area (Å²) < 4.78 is 0. The van der Waals surface area contributed by atoms with E-state index in [1.54, 1.807) is 0 Å². The van der Waals surface area contributed by atoms with Crippen LogP contribution in [0.25, 0.3) is 0 Å². The third-order valence-electron chi connectivity index (χ3n) is 1.81. The molecule has 1 aliphatic heterocycles. The second kappa shape index (κ2) is 2.52. The van der Waals surface area contributed by atoms with E-state index in [1.165, 1.54) is 0 Å². The Kier molecular flexibility index (Phi) is 1.50. The molecule has 60 valence electrons. The van der Waals surface area contributed by atoms with E-state index in [9.17, 15) is 4.79 Å². The fourth-order valence-electron chi connectivity index (χ4n) is 1.22. The third-order valence-corrected chi connectivity index (χ3v) is 1.81. The maximum atomic E-state index is 10.8. The van der Waals surface area contributed by atoms with Crippen molar-refractivity contribution >= 4 is 11.6 Å². The summed E-state index contributed by atoms with van der Waals surface area (Å²) in [6, 6.07) is 7.12. The van der Waals surface area contributed by atoms with Crippen molar-refractivity contribution in [1.29, 1.82) is 0 Å². The molecule has 3 heteroatoms. The van der Waals surface area contributed by atoms with Gasteiger partial charge in [0, 0.05) is 5.69 Å². The van der Waals surface area contributed by atoms with Crippen LogP contribution in [0, 0.1) is 6.42 Å². The Balaban J connectivity index is 2.27. The minimum atomic E-state index is -0.470. The van der Waals surface area contributed by atoms with Gasteiger partial charge in [0.2, 0.25) is 5.91 Å². The summed E-state index contributed by atoms with van der Waals surface area (Å²) in [6.45, 7) is 0. The Hall–Kier alpha value is -1.51. The van der Waals surface area contributed by atoms with Gasteiger partial charge in [-0.05, 0) is 11.6 Å². The predicted octanol–water partition coefficient (Wildman–Crippen LogP) is 0.395. The molecule has 1 aromatic carbocycles. The van der Waals surface area contributed by atoms with Crippen LogP contribution in [0.5, 0.6) is 0 Å². The van der Waals surface area contributed by atoms with Crippen LogP contribution in [-0.4, -0.2) is 11.9 Å². The summed E-state index contributed by atoms with van der Waals surface area (Å²) in [7, 11) is 0. The van der Waals surface area contributed by atoms with Gasteiger partial charge in [-0.15, -0.1) is 0 Å². The molecule has 1 amide bonds. The summed E-state index contributed by atoms with van der Waals surface area (Å²) >= 11 is 0. The molecule has 0 saturated heterocycles. The fraction of sp³-hybridized carbons (Fsp3) is 0.111. The number of hydrogen-bond donors (Lipinski definition) is 2. The smallest absolute Gasteiger partial charge is 0.240 e. The van der Waals surface area contributed by atoms with Gasteiger partial charge in [0.25, 0.3) is 0 Å².